The summed E-state index contributed by atoms with van der Waals surface area (Å²) < 4.78 is 23.5. The molecule has 2 aromatic heterocycles. The second-order valence-electron chi connectivity index (χ2n) is 4.14. The van der Waals surface area contributed by atoms with E-state index in [1.54, 1.807) is 11.3 Å². The van der Waals surface area contributed by atoms with Gasteiger partial charge in [-0.15, -0.1) is 22.7 Å². The lowest BCUT2D eigenvalue weighted by molar-refractivity contribution is 0.603. The molecule has 0 amide bonds. The van der Waals surface area contributed by atoms with Gasteiger partial charge in [0.25, 0.3) is 0 Å². The van der Waals surface area contributed by atoms with Crippen LogP contribution in [0.3, 0.4) is 0 Å². The molecule has 0 bridgehead atoms. The Morgan fingerprint density at radius 2 is 2.25 bits per heavy atom. The van der Waals surface area contributed by atoms with Gasteiger partial charge < -0.3 is 11.1 Å². The van der Waals surface area contributed by atoms with E-state index in [-0.39, 0.29) is 15.5 Å². The largest absolute Gasteiger partial charge is 0.396 e. The number of thiophene rings is 2. The van der Waals surface area contributed by atoms with Crippen LogP contribution in [-0.4, -0.2) is 21.2 Å². The average Bonchev–Trinajstić information content (AvgIpc) is 2.96. The first-order valence-corrected chi connectivity index (χ1v) is 9.31. The van der Waals surface area contributed by atoms with Crippen molar-refractivity contribution in [1.82, 2.24) is 0 Å². The Hall–Kier alpha value is -1.56. The van der Waals surface area contributed by atoms with E-state index in [4.69, 9.17) is 11.0 Å². The molecule has 8 heteroatoms. The summed E-state index contributed by atoms with van der Waals surface area (Å²) in [4.78, 5) is 1.47. The summed E-state index contributed by atoms with van der Waals surface area (Å²) in [6.45, 7) is 0.591. The number of nitrogens with zero attached hydrogens (tertiary/aromatic N) is 1. The molecule has 20 heavy (non-hydrogen) atoms. The van der Waals surface area contributed by atoms with Crippen LogP contribution in [0.5, 0.6) is 0 Å². The molecule has 2 rings (SSSR count). The van der Waals surface area contributed by atoms with E-state index in [0.29, 0.717) is 11.5 Å². The number of anilines is 2. The van der Waals surface area contributed by atoms with Crippen molar-refractivity contribution >= 4 is 43.2 Å². The molecule has 0 saturated carbocycles. The van der Waals surface area contributed by atoms with Crippen LogP contribution in [0.1, 0.15) is 9.75 Å². The minimum absolute atomic E-state index is 0.0326. The Balaban J connectivity index is 2.21. The lowest BCUT2D eigenvalue weighted by Gasteiger charge is -2.05. The highest BCUT2D eigenvalue weighted by molar-refractivity contribution is 7.91. The van der Waals surface area contributed by atoms with E-state index < -0.39 is 9.84 Å². The number of nitrogens with one attached hydrogen (secondary N) is 1. The summed E-state index contributed by atoms with van der Waals surface area (Å²) in [5.41, 5.74) is 5.78. The van der Waals surface area contributed by atoms with Gasteiger partial charge in [0.2, 0.25) is 0 Å². The molecule has 106 valence electrons. The molecule has 0 aliphatic rings. The van der Waals surface area contributed by atoms with Gasteiger partial charge in [-0.05, 0) is 17.9 Å². The number of nitrogens with two attached hydrogens (primary N) is 1. The summed E-state index contributed by atoms with van der Waals surface area (Å²) in [5.74, 6) is 0. The standard InChI is InChI=1S/C12H13N3O2S3/c1-20(16,17)11-10(14)9(7-13)19-12(11)15-5-4-8-3-2-6-18-8/h2-3,6,15H,4-5,14H2,1H3. The fourth-order valence-corrected chi connectivity index (χ4v) is 4.85. The van der Waals surface area contributed by atoms with Gasteiger partial charge in [0.1, 0.15) is 20.8 Å². The normalized spacial score (nSPS) is 11.2. The minimum Gasteiger partial charge on any atom is -0.396 e. The Labute approximate surface area is 125 Å². The highest BCUT2D eigenvalue weighted by Crippen LogP contribution is 2.38. The maximum absolute atomic E-state index is 11.8. The van der Waals surface area contributed by atoms with Crippen molar-refractivity contribution in [3.63, 3.8) is 0 Å². The molecule has 0 atom stereocenters. The molecule has 0 saturated heterocycles. The van der Waals surface area contributed by atoms with Gasteiger partial charge >= 0.3 is 0 Å². The van der Waals surface area contributed by atoms with Crippen molar-refractivity contribution in [2.75, 3.05) is 23.9 Å². The SMILES string of the molecule is CS(=O)(=O)c1c(NCCc2cccs2)sc(C#N)c1N. The van der Waals surface area contributed by atoms with Crippen LogP contribution in [0.25, 0.3) is 0 Å². The molecule has 3 N–H and O–H groups in total. The van der Waals surface area contributed by atoms with Crippen LogP contribution in [0.15, 0.2) is 22.4 Å². The number of rotatable bonds is 5. The van der Waals surface area contributed by atoms with Gasteiger partial charge in [-0.1, -0.05) is 6.07 Å². The van der Waals surface area contributed by atoms with Crippen LogP contribution in [0.2, 0.25) is 0 Å². The van der Waals surface area contributed by atoms with Crippen molar-refractivity contribution in [2.45, 2.75) is 11.3 Å². The summed E-state index contributed by atoms with van der Waals surface area (Å²) in [6, 6.07) is 5.92. The summed E-state index contributed by atoms with van der Waals surface area (Å²) in [5, 5.41) is 14.5. The first-order valence-electron chi connectivity index (χ1n) is 5.72. The lowest BCUT2D eigenvalue weighted by Crippen LogP contribution is -2.08. The number of hydrogen-bond acceptors (Lipinski definition) is 7. The third-order valence-corrected chi connectivity index (χ3v) is 5.91. The first-order chi connectivity index (χ1) is 9.43. The zero-order valence-corrected chi connectivity index (χ0v) is 13.2. The van der Waals surface area contributed by atoms with Crippen LogP contribution in [-0.2, 0) is 16.3 Å². The van der Waals surface area contributed by atoms with E-state index in [9.17, 15) is 8.42 Å². The van der Waals surface area contributed by atoms with Crippen LogP contribution < -0.4 is 11.1 Å². The van der Waals surface area contributed by atoms with E-state index in [2.05, 4.69) is 5.32 Å². The van der Waals surface area contributed by atoms with Crippen molar-refractivity contribution in [1.29, 1.82) is 5.26 Å². The predicted molar refractivity (Wildman–Crippen MR) is 83.1 cm³/mol. The van der Waals surface area contributed by atoms with Gasteiger partial charge in [0, 0.05) is 17.7 Å². The molecule has 5 nitrogen and oxygen atoms in total. The lowest BCUT2D eigenvalue weighted by atomic mass is 10.3. The summed E-state index contributed by atoms with van der Waals surface area (Å²) in [6.07, 6.45) is 1.89. The third-order valence-electron chi connectivity index (χ3n) is 2.61. The highest BCUT2D eigenvalue weighted by atomic mass is 32.2. The molecular weight excluding hydrogens is 314 g/mol. The zero-order chi connectivity index (χ0) is 14.8. The Bertz CT molecular complexity index is 740. The van der Waals surface area contributed by atoms with Gasteiger partial charge in [0.15, 0.2) is 9.84 Å². The molecule has 2 heterocycles. The molecule has 0 unspecified atom stereocenters. The van der Waals surface area contributed by atoms with Crippen molar-refractivity contribution in [3.05, 3.63) is 27.3 Å². The molecule has 0 radical (unpaired) electrons. The van der Waals surface area contributed by atoms with Crippen molar-refractivity contribution in [3.8, 4) is 6.07 Å². The third kappa shape index (κ3) is 3.12. The van der Waals surface area contributed by atoms with Crippen molar-refractivity contribution < 1.29 is 8.42 Å². The molecular formula is C12H13N3O2S3. The Kier molecular flexibility index (Phi) is 4.32. The van der Waals surface area contributed by atoms with Crippen LogP contribution in [0, 0.1) is 11.3 Å². The Morgan fingerprint density at radius 3 is 2.80 bits per heavy atom. The van der Waals surface area contributed by atoms with E-state index in [0.717, 1.165) is 24.0 Å². The molecule has 0 aliphatic carbocycles. The van der Waals surface area contributed by atoms with Gasteiger partial charge in [-0.2, -0.15) is 5.26 Å². The predicted octanol–water partition coefficient (Wildman–Crippen LogP) is 2.32. The second kappa shape index (κ2) is 5.83. The zero-order valence-electron chi connectivity index (χ0n) is 10.7. The first kappa shape index (κ1) is 14.8. The number of nitriles is 1. The molecule has 0 aromatic carbocycles. The Morgan fingerprint density at radius 1 is 1.50 bits per heavy atom. The maximum Gasteiger partial charge on any atom is 0.180 e. The molecule has 0 fully saturated rings. The van der Waals surface area contributed by atoms with Gasteiger partial charge in [0.05, 0.1) is 5.69 Å². The van der Waals surface area contributed by atoms with Gasteiger partial charge in [-0.25, -0.2) is 8.42 Å². The molecule has 2 aromatic rings. The van der Waals surface area contributed by atoms with Crippen LogP contribution in [0.4, 0.5) is 10.7 Å². The minimum atomic E-state index is -3.46. The van der Waals surface area contributed by atoms with E-state index in [1.807, 2.05) is 23.6 Å². The van der Waals surface area contributed by atoms with E-state index in [1.165, 1.54) is 4.88 Å². The molecule has 0 aliphatic heterocycles. The maximum atomic E-state index is 11.8. The quantitative estimate of drug-likeness (QED) is 0.878. The van der Waals surface area contributed by atoms with Crippen molar-refractivity contribution in [2.24, 2.45) is 0 Å². The molecule has 0 spiro atoms. The number of nitrogen functional groups attached to an aromatic ring is 1. The van der Waals surface area contributed by atoms with Gasteiger partial charge in [-0.3, -0.25) is 0 Å². The van der Waals surface area contributed by atoms with Crippen LogP contribution >= 0.6 is 22.7 Å². The number of sulfone groups is 1. The summed E-state index contributed by atoms with van der Waals surface area (Å²) in [7, 11) is -3.46. The monoisotopic (exact) mass is 327 g/mol. The number of hydrogen-bond donors (Lipinski definition) is 2. The highest BCUT2D eigenvalue weighted by Gasteiger charge is 2.23. The smallest absolute Gasteiger partial charge is 0.180 e. The summed E-state index contributed by atoms with van der Waals surface area (Å²) >= 11 is 2.73. The topological polar surface area (TPSA) is 96.0 Å². The fraction of sp³-hybridized carbons (Fsp3) is 0.250. The second-order valence-corrected chi connectivity index (χ2v) is 8.15. The average molecular weight is 327 g/mol. The fourth-order valence-electron chi connectivity index (χ4n) is 1.75. The van der Waals surface area contributed by atoms with E-state index >= 15 is 0 Å².